The molecule has 2 aromatic carbocycles. The Morgan fingerprint density at radius 1 is 1.17 bits per heavy atom. The van der Waals surface area contributed by atoms with Gasteiger partial charge in [-0.05, 0) is 37.3 Å². The van der Waals surface area contributed by atoms with Crippen LogP contribution < -0.4 is 15.0 Å². The number of halogens is 1. The third-order valence-corrected chi connectivity index (χ3v) is 3.68. The van der Waals surface area contributed by atoms with Crippen molar-refractivity contribution in [1.82, 2.24) is 0 Å². The summed E-state index contributed by atoms with van der Waals surface area (Å²) < 4.78 is 5.26. The van der Waals surface area contributed by atoms with Crippen LogP contribution in [0.15, 0.2) is 42.5 Å². The number of carbonyl (C=O) groups is 2. The number of ether oxygens (including phenoxy) is 1. The Labute approximate surface area is 146 Å². The van der Waals surface area contributed by atoms with Gasteiger partial charge in [0.2, 0.25) is 11.8 Å². The second kappa shape index (κ2) is 7.84. The molecule has 126 valence electrons. The number of nitrogens with one attached hydrogen (secondary N) is 1. The maximum absolute atomic E-state index is 12.3. The van der Waals surface area contributed by atoms with E-state index >= 15 is 0 Å². The van der Waals surface area contributed by atoms with E-state index in [1.807, 2.05) is 31.2 Å². The van der Waals surface area contributed by atoms with Gasteiger partial charge in [0.05, 0.1) is 12.8 Å². The highest BCUT2D eigenvalue weighted by Gasteiger charge is 2.20. The zero-order chi connectivity index (χ0) is 17.7. The second-order valence-electron chi connectivity index (χ2n) is 5.34. The first kappa shape index (κ1) is 17.8. The first-order valence-corrected chi connectivity index (χ1v) is 7.76. The van der Waals surface area contributed by atoms with Crippen LogP contribution in [0.25, 0.3) is 0 Å². The zero-order valence-electron chi connectivity index (χ0n) is 13.8. The molecule has 0 bridgehead atoms. The number of benzene rings is 2. The number of aryl methyl sites for hydroxylation is 1. The van der Waals surface area contributed by atoms with Crippen LogP contribution in [0.5, 0.6) is 5.75 Å². The van der Waals surface area contributed by atoms with Gasteiger partial charge in [-0.15, -0.1) is 0 Å². The van der Waals surface area contributed by atoms with Crippen LogP contribution in [0.2, 0.25) is 5.02 Å². The number of anilines is 2. The number of rotatable bonds is 5. The molecule has 0 aliphatic carbocycles. The molecule has 0 aliphatic heterocycles. The van der Waals surface area contributed by atoms with Crippen molar-refractivity contribution in [3.05, 3.63) is 53.1 Å². The number of hydrogen-bond acceptors (Lipinski definition) is 3. The maximum atomic E-state index is 12.3. The quantitative estimate of drug-likeness (QED) is 0.899. The highest BCUT2D eigenvalue weighted by atomic mass is 35.5. The molecule has 0 saturated heterocycles. The van der Waals surface area contributed by atoms with Crippen LogP contribution in [0.4, 0.5) is 11.4 Å². The first-order valence-electron chi connectivity index (χ1n) is 7.39. The maximum Gasteiger partial charge on any atom is 0.244 e. The lowest BCUT2D eigenvalue weighted by molar-refractivity contribution is -0.120. The molecule has 0 spiro atoms. The fraction of sp³-hybridized carbons (Fsp3) is 0.222. The van der Waals surface area contributed by atoms with Crippen molar-refractivity contribution in [1.29, 1.82) is 0 Å². The van der Waals surface area contributed by atoms with Crippen LogP contribution >= 0.6 is 11.6 Å². The lowest BCUT2D eigenvalue weighted by atomic mass is 10.2. The predicted molar refractivity (Wildman–Crippen MR) is 95.8 cm³/mol. The summed E-state index contributed by atoms with van der Waals surface area (Å²) in [6, 6.07) is 12.3. The average molecular weight is 347 g/mol. The number of methoxy groups -OCH3 is 1. The van der Waals surface area contributed by atoms with Crippen LogP contribution in [-0.2, 0) is 9.59 Å². The van der Waals surface area contributed by atoms with Gasteiger partial charge in [-0.1, -0.05) is 29.3 Å². The molecule has 6 heteroatoms. The van der Waals surface area contributed by atoms with E-state index in [1.165, 1.54) is 18.9 Å². The van der Waals surface area contributed by atoms with Crippen molar-refractivity contribution >= 4 is 34.8 Å². The van der Waals surface area contributed by atoms with E-state index in [0.717, 1.165) is 5.56 Å². The fourth-order valence-corrected chi connectivity index (χ4v) is 2.39. The molecular weight excluding hydrogens is 328 g/mol. The lowest BCUT2D eigenvalue weighted by Crippen LogP contribution is -2.36. The topological polar surface area (TPSA) is 58.6 Å². The van der Waals surface area contributed by atoms with Crippen molar-refractivity contribution in [3.63, 3.8) is 0 Å². The lowest BCUT2D eigenvalue weighted by Gasteiger charge is -2.23. The van der Waals surface area contributed by atoms with Gasteiger partial charge in [-0.3, -0.25) is 14.5 Å². The van der Waals surface area contributed by atoms with Gasteiger partial charge in [0.25, 0.3) is 0 Å². The molecule has 0 atom stereocenters. The largest absolute Gasteiger partial charge is 0.495 e. The molecule has 0 unspecified atom stereocenters. The first-order chi connectivity index (χ1) is 11.4. The van der Waals surface area contributed by atoms with Crippen LogP contribution in [0.3, 0.4) is 0 Å². The minimum atomic E-state index is -0.309. The predicted octanol–water partition coefficient (Wildman–Crippen LogP) is 3.65. The van der Waals surface area contributed by atoms with Gasteiger partial charge in [0.1, 0.15) is 12.3 Å². The van der Waals surface area contributed by atoms with E-state index in [4.69, 9.17) is 16.3 Å². The molecule has 0 fully saturated rings. The van der Waals surface area contributed by atoms with Gasteiger partial charge in [0.15, 0.2) is 0 Å². The molecule has 0 aliphatic rings. The monoisotopic (exact) mass is 346 g/mol. The summed E-state index contributed by atoms with van der Waals surface area (Å²) >= 11 is 6.01. The molecule has 2 amide bonds. The highest BCUT2D eigenvalue weighted by molar-refractivity contribution is 6.31. The molecule has 24 heavy (non-hydrogen) atoms. The Morgan fingerprint density at radius 3 is 2.42 bits per heavy atom. The number of amides is 2. The van der Waals surface area contributed by atoms with Crippen LogP contribution in [-0.4, -0.2) is 25.5 Å². The zero-order valence-corrected chi connectivity index (χ0v) is 14.6. The molecule has 5 nitrogen and oxygen atoms in total. The summed E-state index contributed by atoms with van der Waals surface area (Å²) in [5, 5.41) is 3.22. The van der Waals surface area contributed by atoms with Crippen molar-refractivity contribution in [2.45, 2.75) is 13.8 Å². The summed E-state index contributed by atoms with van der Waals surface area (Å²) in [5.74, 6) is -0.122. The van der Waals surface area contributed by atoms with Gasteiger partial charge < -0.3 is 10.1 Å². The Hall–Kier alpha value is -2.53. The van der Waals surface area contributed by atoms with Crippen LogP contribution in [0, 0.1) is 6.92 Å². The highest BCUT2D eigenvalue weighted by Crippen LogP contribution is 2.31. The smallest absolute Gasteiger partial charge is 0.244 e. The standard InChI is InChI=1S/C18H19ClN2O3/c1-12-4-7-15(8-5-12)20-18(23)11-21(13(2)22)16-10-14(19)6-9-17(16)24-3/h4-10H,11H2,1-3H3,(H,20,23). The summed E-state index contributed by atoms with van der Waals surface area (Å²) in [4.78, 5) is 25.6. The Bertz CT molecular complexity index is 744. The summed E-state index contributed by atoms with van der Waals surface area (Å²) in [5.41, 5.74) is 2.23. The van der Waals surface area contributed by atoms with E-state index in [2.05, 4.69) is 5.32 Å². The molecule has 2 rings (SSSR count). The molecule has 2 aromatic rings. The third-order valence-electron chi connectivity index (χ3n) is 3.45. The molecule has 0 saturated carbocycles. The van der Waals surface area contributed by atoms with Crippen LogP contribution in [0.1, 0.15) is 12.5 Å². The van der Waals surface area contributed by atoms with E-state index in [0.29, 0.717) is 22.1 Å². The Kier molecular flexibility index (Phi) is 5.82. The summed E-state index contributed by atoms with van der Waals surface area (Å²) in [7, 11) is 1.50. The van der Waals surface area contributed by atoms with Gasteiger partial charge in [0, 0.05) is 17.6 Å². The Balaban J connectivity index is 2.19. The molecule has 1 N–H and O–H groups in total. The van der Waals surface area contributed by atoms with Gasteiger partial charge >= 0.3 is 0 Å². The molecular formula is C18H19ClN2O3. The summed E-state index contributed by atoms with van der Waals surface area (Å²) in [6.07, 6.45) is 0. The minimum Gasteiger partial charge on any atom is -0.495 e. The molecule has 0 heterocycles. The average Bonchev–Trinajstić information content (AvgIpc) is 2.54. The molecule has 0 aromatic heterocycles. The number of nitrogens with zero attached hydrogens (tertiary/aromatic N) is 1. The molecule has 0 radical (unpaired) electrons. The summed E-state index contributed by atoms with van der Waals surface area (Å²) in [6.45, 7) is 3.22. The van der Waals surface area contributed by atoms with E-state index in [1.54, 1.807) is 18.2 Å². The SMILES string of the molecule is COc1ccc(Cl)cc1N(CC(=O)Nc1ccc(C)cc1)C(C)=O. The second-order valence-corrected chi connectivity index (χ2v) is 5.77. The van der Waals surface area contributed by atoms with E-state index < -0.39 is 0 Å². The fourth-order valence-electron chi connectivity index (χ4n) is 2.22. The van der Waals surface area contributed by atoms with Gasteiger partial charge in [-0.2, -0.15) is 0 Å². The van der Waals surface area contributed by atoms with Crippen molar-refractivity contribution < 1.29 is 14.3 Å². The van der Waals surface area contributed by atoms with Gasteiger partial charge in [-0.25, -0.2) is 0 Å². The minimum absolute atomic E-state index is 0.139. The van der Waals surface area contributed by atoms with Crippen molar-refractivity contribution in [2.75, 3.05) is 23.9 Å². The number of carbonyl (C=O) groups excluding carboxylic acids is 2. The van der Waals surface area contributed by atoms with E-state index in [9.17, 15) is 9.59 Å². The van der Waals surface area contributed by atoms with Crippen molar-refractivity contribution in [3.8, 4) is 5.75 Å². The van der Waals surface area contributed by atoms with E-state index in [-0.39, 0.29) is 18.4 Å². The van der Waals surface area contributed by atoms with Crippen molar-refractivity contribution in [2.24, 2.45) is 0 Å². The normalized spacial score (nSPS) is 10.2. The Morgan fingerprint density at radius 2 is 1.83 bits per heavy atom. The number of hydrogen-bond donors (Lipinski definition) is 1. The third kappa shape index (κ3) is 4.49.